The van der Waals surface area contributed by atoms with Crippen molar-refractivity contribution in [2.45, 2.75) is 31.1 Å². The van der Waals surface area contributed by atoms with E-state index in [1.165, 1.54) is 17.0 Å². The van der Waals surface area contributed by atoms with Crippen LogP contribution in [-0.4, -0.2) is 34.8 Å². The van der Waals surface area contributed by atoms with Crippen molar-refractivity contribution in [3.8, 4) is 0 Å². The number of hydrogen-bond donors (Lipinski definition) is 1. The number of carboxylic acid groups (broad SMARTS) is 1. The lowest BCUT2D eigenvalue weighted by Crippen LogP contribution is -2.37. The van der Waals surface area contributed by atoms with E-state index in [1.54, 1.807) is 6.07 Å². The molecule has 4 nitrogen and oxygen atoms in total. The largest absolute Gasteiger partial charge is 0.465 e. The van der Waals surface area contributed by atoms with Crippen LogP contribution in [0.4, 0.5) is 9.18 Å². The Morgan fingerprint density at radius 3 is 3.06 bits per heavy atom. The van der Waals surface area contributed by atoms with Crippen molar-refractivity contribution in [2.24, 2.45) is 0 Å². The lowest BCUT2D eigenvalue weighted by atomic mass is 10.0. The summed E-state index contributed by atoms with van der Waals surface area (Å²) in [6.45, 7) is 0.565. The van der Waals surface area contributed by atoms with E-state index in [4.69, 9.17) is 9.84 Å². The summed E-state index contributed by atoms with van der Waals surface area (Å²) in [5.41, 5.74) is 0.789. The summed E-state index contributed by atoms with van der Waals surface area (Å²) in [4.78, 5) is 12.5. The molecule has 0 spiro atoms. The van der Waals surface area contributed by atoms with Gasteiger partial charge in [0.15, 0.2) is 0 Å². The zero-order valence-corrected chi connectivity index (χ0v) is 9.75. The number of hydrogen-bond acceptors (Lipinski definition) is 2. The van der Waals surface area contributed by atoms with Crippen molar-refractivity contribution >= 4 is 6.09 Å². The second kappa shape index (κ2) is 4.24. The van der Waals surface area contributed by atoms with Gasteiger partial charge in [0.05, 0.1) is 6.04 Å². The third-order valence-electron chi connectivity index (χ3n) is 3.63. The maximum Gasteiger partial charge on any atom is 0.407 e. The highest BCUT2D eigenvalue weighted by atomic mass is 19.1. The molecule has 0 aliphatic carbocycles. The number of amides is 1. The molecule has 96 valence electrons. The molecule has 2 saturated heterocycles. The Labute approximate surface area is 104 Å². The summed E-state index contributed by atoms with van der Waals surface area (Å²) >= 11 is 0. The zero-order chi connectivity index (χ0) is 12.7. The van der Waals surface area contributed by atoms with Crippen molar-refractivity contribution in [2.75, 3.05) is 6.54 Å². The molecule has 1 aromatic carbocycles. The van der Waals surface area contributed by atoms with E-state index in [9.17, 15) is 9.18 Å². The number of rotatable bonds is 2. The maximum atomic E-state index is 13.1. The smallest absolute Gasteiger partial charge is 0.407 e. The van der Waals surface area contributed by atoms with Crippen molar-refractivity contribution in [1.29, 1.82) is 0 Å². The fourth-order valence-electron chi connectivity index (χ4n) is 2.74. The minimum Gasteiger partial charge on any atom is -0.465 e. The summed E-state index contributed by atoms with van der Waals surface area (Å²) < 4.78 is 18.7. The van der Waals surface area contributed by atoms with E-state index in [2.05, 4.69) is 0 Å². The molecule has 0 aromatic heterocycles. The second-order valence-electron chi connectivity index (χ2n) is 4.76. The molecule has 3 rings (SSSR count). The van der Waals surface area contributed by atoms with Crippen LogP contribution < -0.4 is 0 Å². The van der Waals surface area contributed by atoms with Gasteiger partial charge in [-0.2, -0.15) is 0 Å². The molecule has 2 aliphatic heterocycles. The average molecular weight is 251 g/mol. The van der Waals surface area contributed by atoms with Gasteiger partial charge in [-0.05, 0) is 30.5 Å². The van der Waals surface area contributed by atoms with E-state index < -0.39 is 6.09 Å². The molecular weight excluding hydrogens is 237 g/mol. The number of nitrogens with zero attached hydrogens (tertiary/aromatic N) is 1. The predicted molar refractivity (Wildman–Crippen MR) is 61.8 cm³/mol. The normalized spacial score (nSPS) is 30.5. The Morgan fingerprint density at radius 1 is 1.50 bits per heavy atom. The lowest BCUT2D eigenvalue weighted by molar-refractivity contribution is 0.132. The molecule has 2 aliphatic rings. The fourth-order valence-corrected chi connectivity index (χ4v) is 2.74. The van der Waals surface area contributed by atoms with E-state index >= 15 is 0 Å². The van der Waals surface area contributed by atoms with Gasteiger partial charge < -0.3 is 14.7 Å². The maximum absolute atomic E-state index is 13.1. The fraction of sp³-hybridized carbons (Fsp3) is 0.462. The van der Waals surface area contributed by atoms with Gasteiger partial charge in [-0.15, -0.1) is 0 Å². The third-order valence-corrected chi connectivity index (χ3v) is 3.63. The molecule has 2 fully saturated rings. The highest BCUT2D eigenvalue weighted by molar-refractivity contribution is 5.66. The van der Waals surface area contributed by atoms with Crippen LogP contribution in [0.25, 0.3) is 0 Å². The van der Waals surface area contributed by atoms with Gasteiger partial charge in [0.1, 0.15) is 18.0 Å². The van der Waals surface area contributed by atoms with Crippen molar-refractivity contribution < 1.29 is 19.0 Å². The van der Waals surface area contributed by atoms with E-state index in [0.717, 1.165) is 18.4 Å². The first kappa shape index (κ1) is 11.5. The van der Waals surface area contributed by atoms with Crippen molar-refractivity contribution in [3.63, 3.8) is 0 Å². The first-order valence-corrected chi connectivity index (χ1v) is 6.07. The molecule has 1 N–H and O–H groups in total. The summed E-state index contributed by atoms with van der Waals surface area (Å²) in [6, 6.07) is 6.21. The second-order valence-corrected chi connectivity index (χ2v) is 4.76. The molecule has 1 amide bonds. The molecule has 0 bridgehead atoms. The zero-order valence-electron chi connectivity index (χ0n) is 9.75. The van der Waals surface area contributed by atoms with Gasteiger partial charge >= 0.3 is 6.09 Å². The van der Waals surface area contributed by atoms with Crippen molar-refractivity contribution in [3.05, 3.63) is 35.6 Å². The Bertz CT molecular complexity index is 479. The molecule has 5 heteroatoms. The van der Waals surface area contributed by atoms with Crippen LogP contribution in [-0.2, 0) is 4.74 Å². The van der Waals surface area contributed by atoms with Gasteiger partial charge in [0.25, 0.3) is 0 Å². The molecule has 0 saturated carbocycles. The van der Waals surface area contributed by atoms with Crippen LogP contribution in [0.5, 0.6) is 0 Å². The number of likely N-dealkylation sites (tertiary alicyclic amines) is 1. The van der Waals surface area contributed by atoms with Gasteiger partial charge in [-0.3, -0.25) is 0 Å². The predicted octanol–water partition coefficient (Wildman–Crippen LogP) is 2.41. The summed E-state index contributed by atoms with van der Waals surface area (Å²) in [5, 5.41) is 9.07. The molecule has 18 heavy (non-hydrogen) atoms. The first-order chi connectivity index (χ1) is 8.66. The van der Waals surface area contributed by atoms with E-state index in [1.807, 2.05) is 6.07 Å². The van der Waals surface area contributed by atoms with Crippen LogP contribution >= 0.6 is 0 Å². The third kappa shape index (κ3) is 1.95. The van der Waals surface area contributed by atoms with Crippen molar-refractivity contribution in [1.82, 2.24) is 4.90 Å². The number of halogens is 1. The minimum atomic E-state index is -0.897. The Balaban J connectivity index is 1.72. The average Bonchev–Trinajstić information content (AvgIpc) is 2.98. The van der Waals surface area contributed by atoms with Gasteiger partial charge in [-0.25, -0.2) is 9.18 Å². The number of ether oxygens (including phenoxy) is 1. The quantitative estimate of drug-likeness (QED) is 0.821. The van der Waals surface area contributed by atoms with Gasteiger partial charge in [0.2, 0.25) is 0 Å². The summed E-state index contributed by atoms with van der Waals surface area (Å²) in [7, 11) is 0. The Kier molecular flexibility index (Phi) is 2.70. The van der Waals surface area contributed by atoms with Crippen LogP contribution in [0.15, 0.2) is 24.3 Å². The number of benzene rings is 1. The molecule has 0 radical (unpaired) electrons. The van der Waals surface area contributed by atoms with Gasteiger partial charge in [-0.1, -0.05) is 12.1 Å². The molecule has 1 unspecified atom stereocenters. The number of epoxide rings is 1. The number of carbonyl (C=O) groups is 1. The molecule has 3 atom stereocenters. The van der Waals surface area contributed by atoms with Crippen LogP contribution in [0.3, 0.4) is 0 Å². The van der Waals surface area contributed by atoms with Crippen LogP contribution in [0.2, 0.25) is 0 Å². The Morgan fingerprint density at radius 2 is 2.33 bits per heavy atom. The summed E-state index contributed by atoms with van der Waals surface area (Å²) in [5.74, 6) is -0.289. The first-order valence-electron chi connectivity index (χ1n) is 6.07. The highest BCUT2D eigenvalue weighted by Crippen LogP contribution is 2.45. The summed E-state index contributed by atoms with van der Waals surface area (Å²) in [6.07, 6.45) is 0.511. The SMILES string of the molecule is O=C(O)N1CCCC1[C@H]1O[C@@H]1c1cccc(F)c1. The molecule has 2 heterocycles. The minimum absolute atomic E-state index is 0.0873. The van der Waals surface area contributed by atoms with Crippen LogP contribution in [0.1, 0.15) is 24.5 Å². The van der Waals surface area contributed by atoms with E-state index in [0.29, 0.717) is 6.54 Å². The van der Waals surface area contributed by atoms with Gasteiger partial charge in [0, 0.05) is 6.54 Å². The lowest BCUT2D eigenvalue weighted by Gasteiger charge is -2.19. The Hall–Kier alpha value is -1.62. The standard InChI is InChI=1S/C13H14FNO3/c14-9-4-1-3-8(7-9)11-12(18-11)10-5-2-6-15(10)13(16)17/h1,3-4,7,10-12H,2,5-6H2,(H,16,17)/t10?,11-,12-/m1/s1. The molecular formula is C13H14FNO3. The highest BCUT2D eigenvalue weighted by Gasteiger charge is 2.50. The monoisotopic (exact) mass is 251 g/mol. The topological polar surface area (TPSA) is 53.1 Å². The van der Waals surface area contributed by atoms with Crippen LogP contribution in [0, 0.1) is 5.82 Å². The van der Waals surface area contributed by atoms with E-state index in [-0.39, 0.29) is 24.1 Å². The molecule has 1 aromatic rings.